The molecule has 1 aromatic carbocycles. The Kier molecular flexibility index (Phi) is 5.14. The van der Waals surface area contributed by atoms with Crippen molar-refractivity contribution in [1.82, 2.24) is 9.80 Å². The van der Waals surface area contributed by atoms with E-state index in [1.165, 1.54) is 17.4 Å². The molecule has 1 heterocycles. The lowest BCUT2D eigenvalue weighted by Gasteiger charge is -2.33. The van der Waals surface area contributed by atoms with Crippen molar-refractivity contribution in [2.45, 2.75) is 20.3 Å². The van der Waals surface area contributed by atoms with Gasteiger partial charge in [0.25, 0.3) is 0 Å². The molecule has 0 aliphatic carbocycles. The molecule has 1 aromatic rings. The van der Waals surface area contributed by atoms with Crippen molar-refractivity contribution >= 4 is 23.4 Å². The van der Waals surface area contributed by atoms with Crippen molar-refractivity contribution in [3.05, 3.63) is 29.8 Å². The van der Waals surface area contributed by atoms with Gasteiger partial charge < -0.3 is 15.1 Å². The van der Waals surface area contributed by atoms with E-state index in [1.807, 2.05) is 12.1 Å². The van der Waals surface area contributed by atoms with Gasteiger partial charge in [0.05, 0.1) is 0 Å². The van der Waals surface area contributed by atoms with Crippen LogP contribution >= 0.6 is 0 Å². The molecule has 118 valence electrons. The summed E-state index contributed by atoms with van der Waals surface area (Å²) in [7, 11) is 0. The molecule has 1 aliphatic rings. The van der Waals surface area contributed by atoms with Gasteiger partial charge >= 0.3 is 11.8 Å². The van der Waals surface area contributed by atoms with Gasteiger partial charge in [0.2, 0.25) is 5.91 Å². The summed E-state index contributed by atoms with van der Waals surface area (Å²) in [5.74, 6) is -1.20. The van der Waals surface area contributed by atoms with Gasteiger partial charge in [-0.25, -0.2) is 0 Å². The molecule has 0 bridgehead atoms. The molecule has 0 spiro atoms. The maximum Gasteiger partial charge on any atom is 0.313 e. The first-order valence-electron chi connectivity index (χ1n) is 7.46. The summed E-state index contributed by atoms with van der Waals surface area (Å²) in [6, 6.07) is 7.42. The third kappa shape index (κ3) is 3.84. The molecule has 3 amide bonds. The van der Waals surface area contributed by atoms with Crippen molar-refractivity contribution in [1.29, 1.82) is 0 Å². The topological polar surface area (TPSA) is 69.7 Å². The van der Waals surface area contributed by atoms with E-state index in [9.17, 15) is 14.4 Å². The number of anilines is 1. The van der Waals surface area contributed by atoms with E-state index in [2.05, 4.69) is 12.2 Å². The minimum atomic E-state index is -0.638. The number of aryl methyl sites for hydroxylation is 1. The fourth-order valence-electron chi connectivity index (χ4n) is 2.38. The Bertz CT molecular complexity index is 561. The Morgan fingerprint density at radius 3 is 2.05 bits per heavy atom. The SMILES string of the molecule is CCc1ccc(NC(=O)C(=O)N2CCN(C(C)=O)CC2)cc1. The molecule has 0 saturated carbocycles. The smallest absolute Gasteiger partial charge is 0.313 e. The van der Waals surface area contributed by atoms with Gasteiger partial charge in [-0.15, -0.1) is 0 Å². The lowest BCUT2D eigenvalue weighted by atomic mass is 10.1. The van der Waals surface area contributed by atoms with Crippen LogP contribution in [0, 0.1) is 0 Å². The lowest BCUT2D eigenvalue weighted by Crippen LogP contribution is -2.52. The van der Waals surface area contributed by atoms with E-state index >= 15 is 0 Å². The largest absolute Gasteiger partial charge is 0.339 e. The van der Waals surface area contributed by atoms with Gasteiger partial charge in [0.1, 0.15) is 0 Å². The van der Waals surface area contributed by atoms with Crippen LogP contribution in [0.2, 0.25) is 0 Å². The Morgan fingerprint density at radius 1 is 1.00 bits per heavy atom. The van der Waals surface area contributed by atoms with Crippen LogP contribution in [0.5, 0.6) is 0 Å². The number of hydrogen-bond acceptors (Lipinski definition) is 3. The van der Waals surface area contributed by atoms with Crippen molar-refractivity contribution in [3.63, 3.8) is 0 Å². The standard InChI is InChI=1S/C16H21N3O3/c1-3-13-4-6-14(7-5-13)17-15(21)16(22)19-10-8-18(9-11-19)12(2)20/h4-7H,3,8-11H2,1-2H3,(H,17,21). The second-order valence-electron chi connectivity index (χ2n) is 5.30. The molecule has 6 heteroatoms. The predicted octanol–water partition coefficient (Wildman–Crippen LogP) is 0.878. The molecule has 6 nitrogen and oxygen atoms in total. The zero-order chi connectivity index (χ0) is 16.1. The van der Waals surface area contributed by atoms with E-state index in [4.69, 9.17) is 0 Å². The van der Waals surface area contributed by atoms with Crippen molar-refractivity contribution in [2.75, 3.05) is 31.5 Å². The molecule has 2 rings (SSSR count). The minimum Gasteiger partial charge on any atom is -0.339 e. The first-order chi connectivity index (χ1) is 10.5. The summed E-state index contributed by atoms with van der Waals surface area (Å²) in [6.45, 7) is 5.28. The molecular weight excluding hydrogens is 282 g/mol. The minimum absolute atomic E-state index is 0.00688. The number of amides is 3. The monoisotopic (exact) mass is 303 g/mol. The number of nitrogens with zero attached hydrogens (tertiary/aromatic N) is 2. The average Bonchev–Trinajstić information content (AvgIpc) is 2.55. The number of piperazine rings is 1. The first kappa shape index (κ1) is 16.0. The quantitative estimate of drug-likeness (QED) is 0.825. The Hall–Kier alpha value is -2.37. The molecule has 22 heavy (non-hydrogen) atoms. The van der Waals surface area contributed by atoms with Crippen LogP contribution in [0.15, 0.2) is 24.3 Å². The summed E-state index contributed by atoms with van der Waals surface area (Å²) in [5, 5.41) is 2.61. The maximum atomic E-state index is 12.1. The van der Waals surface area contributed by atoms with Crippen LogP contribution in [0.1, 0.15) is 19.4 Å². The molecular formula is C16H21N3O3. The van der Waals surface area contributed by atoms with Crippen LogP contribution in [0.3, 0.4) is 0 Å². The summed E-state index contributed by atoms with van der Waals surface area (Å²) < 4.78 is 0. The second-order valence-corrected chi connectivity index (χ2v) is 5.30. The van der Waals surface area contributed by atoms with Gasteiger partial charge in [-0.1, -0.05) is 19.1 Å². The van der Waals surface area contributed by atoms with Gasteiger partial charge in [0, 0.05) is 38.8 Å². The normalized spacial score (nSPS) is 14.6. The van der Waals surface area contributed by atoms with Gasteiger partial charge in [-0.3, -0.25) is 14.4 Å². The van der Waals surface area contributed by atoms with Gasteiger partial charge in [-0.05, 0) is 24.1 Å². The highest BCUT2D eigenvalue weighted by molar-refractivity contribution is 6.39. The van der Waals surface area contributed by atoms with E-state index in [0.717, 1.165) is 6.42 Å². The lowest BCUT2D eigenvalue weighted by molar-refractivity contribution is -0.145. The fourth-order valence-corrected chi connectivity index (χ4v) is 2.38. The Labute approximate surface area is 130 Å². The fraction of sp³-hybridized carbons (Fsp3) is 0.438. The van der Waals surface area contributed by atoms with Crippen molar-refractivity contribution < 1.29 is 14.4 Å². The number of nitrogens with one attached hydrogen (secondary N) is 1. The highest BCUT2D eigenvalue weighted by atomic mass is 16.2. The van der Waals surface area contributed by atoms with E-state index in [0.29, 0.717) is 31.9 Å². The number of carbonyl (C=O) groups excluding carboxylic acids is 3. The van der Waals surface area contributed by atoms with Crippen LogP contribution < -0.4 is 5.32 Å². The van der Waals surface area contributed by atoms with Gasteiger partial charge in [0.15, 0.2) is 0 Å². The van der Waals surface area contributed by atoms with Crippen LogP contribution in [-0.4, -0.2) is 53.7 Å². The Morgan fingerprint density at radius 2 is 1.55 bits per heavy atom. The number of hydrogen-bond donors (Lipinski definition) is 1. The molecule has 0 atom stereocenters. The molecule has 0 aromatic heterocycles. The highest BCUT2D eigenvalue weighted by Gasteiger charge is 2.26. The van der Waals surface area contributed by atoms with Gasteiger partial charge in [-0.2, -0.15) is 0 Å². The molecule has 1 N–H and O–H groups in total. The van der Waals surface area contributed by atoms with Crippen LogP contribution in [-0.2, 0) is 20.8 Å². The summed E-state index contributed by atoms with van der Waals surface area (Å²) in [4.78, 5) is 38.5. The molecule has 1 fully saturated rings. The van der Waals surface area contributed by atoms with E-state index in [1.54, 1.807) is 17.0 Å². The highest BCUT2D eigenvalue weighted by Crippen LogP contribution is 2.10. The Balaban J connectivity index is 1.89. The van der Waals surface area contributed by atoms with Crippen molar-refractivity contribution in [2.24, 2.45) is 0 Å². The molecule has 1 aliphatic heterocycles. The zero-order valence-electron chi connectivity index (χ0n) is 13.0. The molecule has 0 unspecified atom stereocenters. The molecule has 0 radical (unpaired) electrons. The van der Waals surface area contributed by atoms with Crippen LogP contribution in [0.4, 0.5) is 5.69 Å². The second kappa shape index (κ2) is 7.06. The zero-order valence-corrected chi connectivity index (χ0v) is 13.0. The van der Waals surface area contributed by atoms with E-state index < -0.39 is 11.8 Å². The third-order valence-electron chi connectivity index (χ3n) is 3.83. The predicted molar refractivity (Wildman–Crippen MR) is 83.3 cm³/mol. The van der Waals surface area contributed by atoms with Crippen LogP contribution in [0.25, 0.3) is 0 Å². The average molecular weight is 303 g/mol. The third-order valence-corrected chi connectivity index (χ3v) is 3.83. The van der Waals surface area contributed by atoms with Crippen molar-refractivity contribution in [3.8, 4) is 0 Å². The number of rotatable bonds is 2. The maximum absolute atomic E-state index is 12.1. The summed E-state index contributed by atoms with van der Waals surface area (Å²) in [6.07, 6.45) is 0.924. The number of carbonyl (C=O) groups is 3. The summed E-state index contributed by atoms with van der Waals surface area (Å²) in [5.41, 5.74) is 1.78. The van der Waals surface area contributed by atoms with E-state index in [-0.39, 0.29) is 5.91 Å². The molecule has 1 saturated heterocycles. The first-order valence-corrected chi connectivity index (χ1v) is 7.46. The summed E-state index contributed by atoms with van der Waals surface area (Å²) >= 11 is 0. The number of benzene rings is 1.